The molecule has 0 amide bonds. The zero-order valence-electron chi connectivity index (χ0n) is 12.5. The van der Waals surface area contributed by atoms with Crippen molar-refractivity contribution in [3.8, 4) is 11.1 Å². The third-order valence-corrected chi connectivity index (χ3v) is 9.91. The van der Waals surface area contributed by atoms with Crippen molar-refractivity contribution in [1.29, 1.82) is 0 Å². The van der Waals surface area contributed by atoms with E-state index in [-0.39, 0.29) is 0 Å². The molecule has 0 atom stereocenters. The first-order valence-electron chi connectivity index (χ1n) is 7.35. The zero-order valence-corrected chi connectivity index (χ0v) is 13.5. The fourth-order valence-corrected chi connectivity index (χ4v) is 6.57. The van der Waals surface area contributed by atoms with Gasteiger partial charge in [-0.1, -0.05) is 69.2 Å². The second kappa shape index (κ2) is 6.22. The first kappa shape index (κ1) is 14.8. The summed E-state index contributed by atoms with van der Waals surface area (Å²) in [5.74, 6) is 0. The molecule has 1 heterocycles. The Bertz CT molecular complexity index is 560. The minimum Gasteiger partial charge on any atom is -0.473 e. The molecule has 0 saturated heterocycles. The second-order valence-corrected chi connectivity index (χ2v) is 10.4. The SMILES string of the molecule is CC[Si](CC)(CC)c1occ(C=O)c1-c1ccccc1. The third-order valence-electron chi connectivity index (χ3n) is 4.52. The second-order valence-electron chi connectivity index (χ2n) is 5.22. The van der Waals surface area contributed by atoms with Crippen LogP contribution in [-0.4, -0.2) is 14.4 Å². The Labute approximate surface area is 121 Å². The average molecular weight is 286 g/mol. The van der Waals surface area contributed by atoms with Crippen molar-refractivity contribution in [1.82, 2.24) is 0 Å². The van der Waals surface area contributed by atoms with Crippen LogP contribution in [-0.2, 0) is 0 Å². The van der Waals surface area contributed by atoms with Crippen LogP contribution in [0.2, 0.25) is 18.1 Å². The quantitative estimate of drug-likeness (QED) is 0.579. The molecule has 2 aromatic rings. The summed E-state index contributed by atoms with van der Waals surface area (Å²) < 4.78 is 5.91. The van der Waals surface area contributed by atoms with E-state index in [0.29, 0.717) is 5.56 Å². The molecule has 0 aliphatic heterocycles. The van der Waals surface area contributed by atoms with E-state index < -0.39 is 8.07 Å². The first-order valence-corrected chi connectivity index (χ1v) is 9.97. The number of hydrogen-bond donors (Lipinski definition) is 0. The lowest BCUT2D eigenvalue weighted by Crippen LogP contribution is -2.46. The standard InChI is InChI=1S/C17H22O2Si/c1-4-20(5-2,6-3)17-16(15(12-18)13-19-17)14-10-8-7-9-11-14/h7-13H,4-6H2,1-3H3. The molecule has 20 heavy (non-hydrogen) atoms. The average Bonchev–Trinajstić information content (AvgIpc) is 2.95. The monoisotopic (exact) mass is 286 g/mol. The van der Waals surface area contributed by atoms with E-state index in [2.05, 4.69) is 32.9 Å². The van der Waals surface area contributed by atoms with Crippen molar-refractivity contribution in [3.63, 3.8) is 0 Å². The highest BCUT2D eigenvalue weighted by Crippen LogP contribution is 2.29. The smallest absolute Gasteiger partial charge is 0.153 e. The van der Waals surface area contributed by atoms with E-state index in [1.807, 2.05) is 18.2 Å². The van der Waals surface area contributed by atoms with Gasteiger partial charge in [-0.15, -0.1) is 0 Å². The number of benzene rings is 1. The van der Waals surface area contributed by atoms with Crippen molar-refractivity contribution < 1.29 is 9.21 Å². The van der Waals surface area contributed by atoms with E-state index in [9.17, 15) is 4.79 Å². The van der Waals surface area contributed by atoms with Gasteiger partial charge in [-0.3, -0.25) is 4.79 Å². The van der Waals surface area contributed by atoms with Crippen molar-refractivity contribution >= 4 is 19.7 Å². The van der Waals surface area contributed by atoms with E-state index in [4.69, 9.17) is 4.42 Å². The van der Waals surface area contributed by atoms with Gasteiger partial charge in [0, 0.05) is 5.56 Å². The molecule has 0 N–H and O–H groups in total. The van der Waals surface area contributed by atoms with E-state index in [1.54, 1.807) is 6.26 Å². The first-order chi connectivity index (χ1) is 9.72. The molecule has 106 valence electrons. The highest BCUT2D eigenvalue weighted by atomic mass is 28.3. The van der Waals surface area contributed by atoms with Gasteiger partial charge in [0.2, 0.25) is 0 Å². The number of carbonyl (C=O) groups excluding carboxylic acids is 1. The normalized spacial score (nSPS) is 11.6. The Hall–Kier alpha value is -1.61. The summed E-state index contributed by atoms with van der Waals surface area (Å²) in [5, 5.41) is 1.10. The predicted octanol–water partition coefficient (Wildman–Crippen LogP) is 4.47. The van der Waals surface area contributed by atoms with Gasteiger partial charge in [-0.2, -0.15) is 0 Å². The van der Waals surface area contributed by atoms with Crippen molar-refractivity contribution in [2.75, 3.05) is 0 Å². The summed E-state index contributed by atoms with van der Waals surface area (Å²) >= 11 is 0. The van der Waals surface area contributed by atoms with Gasteiger partial charge < -0.3 is 4.42 Å². The number of rotatable bonds is 6. The van der Waals surface area contributed by atoms with Gasteiger partial charge in [0.05, 0.1) is 10.9 Å². The van der Waals surface area contributed by atoms with Gasteiger partial charge in [0.15, 0.2) is 6.29 Å². The summed E-state index contributed by atoms with van der Waals surface area (Å²) in [6.45, 7) is 6.74. The fraction of sp³-hybridized carbons (Fsp3) is 0.353. The molecular weight excluding hydrogens is 264 g/mol. The molecule has 0 aliphatic carbocycles. The van der Waals surface area contributed by atoms with Gasteiger partial charge in [-0.25, -0.2) is 0 Å². The van der Waals surface area contributed by atoms with Crippen LogP contribution < -0.4 is 5.38 Å². The van der Waals surface area contributed by atoms with E-state index in [1.165, 1.54) is 0 Å². The lowest BCUT2D eigenvalue weighted by Gasteiger charge is -2.26. The Balaban J connectivity index is 2.67. The Morgan fingerprint density at radius 1 is 1.05 bits per heavy atom. The third kappa shape index (κ3) is 2.38. The van der Waals surface area contributed by atoms with Crippen LogP contribution in [0.1, 0.15) is 31.1 Å². The molecule has 0 aliphatic rings. The lowest BCUT2D eigenvalue weighted by molar-refractivity contribution is 0.112. The summed E-state index contributed by atoms with van der Waals surface area (Å²) in [4.78, 5) is 11.4. The van der Waals surface area contributed by atoms with Crippen LogP contribution >= 0.6 is 0 Å². The van der Waals surface area contributed by atoms with Gasteiger partial charge in [0.25, 0.3) is 0 Å². The summed E-state index contributed by atoms with van der Waals surface area (Å²) in [6.07, 6.45) is 2.54. The molecule has 0 spiro atoms. The zero-order chi connectivity index (χ0) is 14.6. The minimum absolute atomic E-state index is 0.679. The number of hydrogen-bond acceptors (Lipinski definition) is 2. The molecule has 2 nitrogen and oxygen atoms in total. The van der Waals surface area contributed by atoms with Crippen molar-refractivity contribution in [2.45, 2.75) is 38.9 Å². The topological polar surface area (TPSA) is 30.2 Å². The predicted molar refractivity (Wildman–Crippen MR) is 86.4 cm³/mol. The van der Waals surface area contributed by atoms with Crippen LogP contribution in [0, 0.1) is 0 Å². The summed E-state index contributed by atoms with van der Waals surface area (Å²) in [6, 6.07) is 13.6. The Morgan fingerprint density at radius 2 is 1.65 bits per heavy atom. The molecule has 1 aromatic carbocycles. The summed E-state index contributed by atoms with van der Waals surface area (Å²) in [7, 11) is -1.64. The number of furan rings is 1. The molecule has 0 bridgehead atoms. The molecule has 2 rings (SSSR count). The maximum absolute atomic E-state index is 11.4. The van der Waals surface area contributed by atoms with E-state index in [0.717, 1.165) is 40.9 Å². The largest absolute Gasteiger partial charge is 0.473 e. The molecule has 3 heteroatoms. The van der Waals surface area contributed by atoms with Crippen LogP contribution in [0.5, 0.6) is 0 Å². The number of aldehydes is 1. The van der Waals surface area contributed by atoms with Crippen molar-refractivity contribution in [2.24, 2.45) is 0 Å². The van der Waals surface area contributed by atoms with Gasteiger partial charge in [0.1, 0.15) is 14.3 Å². The maximum atomic E-state index is 11.4. The van der Waals surface area contributed by atoms with Crippen LogP contribution in [0.15, 0.2) is 41.0 Å². The number of carbonyl (C=O) groups is 1. The molecule has 1 aromatic heterocycles. The highest BCUT2D eigenvalue weighted by molar-refractivity contribution is 6.91. The highest BCUT2D eigenvalue weighted by Gasteiger charge is 2.36. The minimum atomic E-state index is -1.64. The molecular formula is C17H22O2Si. The van der Waals surface area contributed by atoms with Crippen LogP contribution in [0.4, 0.5) is 0 Å². The lowest BCUT2D eigenvalue weighted by atomic mass is 10.1. The molecule has 0 radical (unpaired) electrons. The van der Waals surface area contributed by atoms with Crippen LogP contribution in [0.25, 0.3) is 11.1 Å². The maximum Gasteiger partial charge on any atom is 0.153 e. The van der Waals surface area contributed by atoms with Crippen LogP contribution in [0.3, 0.4) is 0 Å². The summed E-state index contributed by atoms with van der Waals surface area (Å²) in [5.41, 5.74) is 2.79. The molecule has 0 unspecified atom stereocenters. The Kier molecular flexibility index (Phi) is 4.60. The Morgan fingerprint density at radius 3 is 2.15 bits per heavy atom. The van der Waals surface area contributed by atoms with Gasteiger partial charge >= 0.3 is 0 Å². The fourth-order valence-electron chi connectivity index (χ4n) is 2.98. The molecule has 0 saturated carbocycles. The molecule has 0 fully saturated rings. The van der Waals surface area contributed by atoms with Crippen molar-refractivity contribution in [3.05, 3.63) is 42.2 Å². The van der Waals surface area contributed by atoms with E-state index >= 15 is 0 Å². The van der Waals surface area contributed by atoms with Gasteiger partial charge in [-0.05, 0) is 5.56 Å².